The highest BCUT2D eigenvalue weighted by Crippen LogP contribution is 2.11. The lowest BCUT2D eigenvalue weighted by atomic mass is 10.2. The Morgan fingerprint density at radius 1 is 1.05 bits per heavy atom. The summed E-state index contributed by atoms with van der Waals surface area (Å²) < 4.78 is 0. The fraction of sp³-hybridized carbons (Fsp3) is 0.0667. The molecular weight excluding hydrogens is 280 g/mol. The molecule has 0 radical (unpaired) electrons. The molecule has 0 aliphatic carbocycles. The Hall–Kier alpha value is -3.06. The highest BCUT2D eigenvalue weighted by Gasteiger charge is 2.04. The number of hydrazine groups is 1. The Morgan fingerprint density at radius 3 is 2.68 bits per heavy atom. The molecule has 0 saturated heterocycles. The molecule has 22 heavy (non-hydrogen) atoms. The average molecular weight is 294 g/mol. The van der Waals surface area contributed by atoms with E-state index in [1.54, 1.807) is 18.5 Å². The van der Waals surface area contributed by atoms with Gasteiger partial charge in [-0.3, -0.25) is 15.4 Å². The Bertz CT molecular complexity index is 788. The maximum absolute atomic E-state index is 11.6. The third-order valence-corrected chi connectivity index (χ3v) is 2.92. The molecule has 7 heteroatoms. The van der Waals surface area contributed by atoms with Gasteiger partial charge in [-0.1, -0.05) is 30.3 Å². The van der Waals surface area contributed by atoms with Crippen molar-refractivity contribution in [2.75, 3.05) is 5.43 Å². The summed E-state index contributed by atoms with van der Waals surface area (Å²) in [7, 11) is 0. The monoisotopic (exact) mass is 294 g/mol. The number of pyridine rings is 1. The van der Waals surface area contributed by atoms with Gasteiger partial charge in [0.1, 0.15) is 5.82 Å². The summed E-state index contributed by atoms with van der Waals surface area (Å²) in [5.74, 6) is 0.621. The molecule has 0 unspecified atom stereocenters. The maximum Gasteiger partial charge on any atom is 0.349 e. The van der Waals surface area contributed by atoms with E-state index in [4.69, 9.17) is 0 Å². The first-order valence-corrected chi connectivity index (χ1v) is 6.73. The summed E-state index contributed by atoms with van der Waals surface area (Å²) >= 11 is 0. The predicted octanol–water partition coefficient (Wildman–Crippen LogP) is 1.34. The van der Waals surface area contributed by atoms with Crippen LogP contribution >= 0.6 is 0 Å². The van der Waals surface area contributed by atoms with Crippen LogP contribution in [0.1, 0.15) is 5.56 Å². The topological polar surface area (TPSA) is 95.6 Å². The standard InChI is InChI=1S/C15H14N6O/c22-15-19-13(12-7-4-8-16-10-12)18-14(20-15)21-17-9-11-5-2-1-3-6-11/h1-8,10,17H,9H2,(H2,18,19,20,21,22). The maximum atomic E-state index is 11.6. The molecule has 0 saturated carbocycles. The number of aromatic nitrogens is 4. The van der Waals surface area contributed by atoms with E-state index in [0.29, 0.717) is 17.9 Å². The zero-order valence-corrected chi connectivity index (χ0v) is 11.7. The fourth-order valence-electron chi connectivity index (χ4n) is 1.90. The summed E-state index contributed by atoms with van der Waals surface area (Å²) in [6.07, 6.45) is 3.28. The lowest BCUT2D eigenvalue weighted by molar-refractivity contribution is 0.779. The van der Waals surface area contributed by atoms with Crippen LogP contribution in [-0.2, 0) is 6.54 Å². The number of benzene rings is 1. The van der Waals surface area contributed by atoms with Gasteiger partial charge in [0.2, 0.25) is 5.95 Å². The van der Waals surface area contributed by atoms with Crippen LogP contribution in [0.5, 0.6) is 0 Å². The molecule has 1 aromatic carbocycles. The third kappa shape index (κ3) is 3.53. The van der Waals surface area contributed by atoms with Crippen LogP contribution in [0.3, 0.4) is 0 Å². The molecule has 0 aliphatic heterocycles. The lowest BCUT2D eigenvalue weighted by Gasteiger charge is -2.07. The van der Waals surface area contributed by atoms with Crippen LogP contribution < -0.4 is 16.5 Å². The number of H-pyrrole nitrogens is 1. The van der Waals surface area contributed by atoms with Gasteiger partial charge in [0.25, 0.3) is 0 Å². The number of nitrogens with one attached hydrogen (secondary N) is 3. The Kier molecular flexibility index (Phi) is 4.17. The van der Waals surface area contributed by atoms with Gasteiger partial charge in [-0.15, -0.1) is 0 Å². The molecule has 0 atom stereocenters. The normalized spacial score (nSPS) is 10.4. The van der Waals surface area contributed by atoms with Gasteiger partial charge < -0.3 is 0 Å². The van der Waals surface area contributed by atoms with Gasteiger partial charge in [0.05, 0.1) is 0 Å². The van der Waals surface area contributed by atoms with Crippen molar-refractivity contribution >= 4 is 5.95 Å². The van der Waals surface area contributed by atoms with Crippen molar-refractivity contribution in [3.63, 3.8) is 0 Å². The van der Waals surface area contributed by atoms with Crippen LogP contribution in [0.25, 0.3) is 11.4 Å². The molecule has 3 rings (SSSR count). The number of hydrogen-bond donors (Lipinski definition) is 3. The molecule has 3 N–H and O–H groups in total. The van der Waals surface area contributed by atoms with Crippen molar-refractivity contribution < 1.29 is 0 Å². The van der Waals surface area contributed by atoms with Crippen LogP contribution in [0.15, 0.2) is 59.7 Å². The van der Waals surface area contributed by atoms with Gasteiger partial charge in [-0.25, -0.2) is 10.2 Å². The number of hydrogen-bond acceptors (Lipinski definition) is 6. The molecule has 0 amide bonds. The quantitative estimate of drug-likeness (QED) is 0.615. The number of anilines is 1. The summed E-state index contributed by atoms with van der Waals surface area (Å²) in [6, 6.07) is 13.4. The molecule has 3 aromatic rings. The van der Waals surface area contributed by atoms with Crippen molar-refractivity contribution in [3.8, 4) is 11.4 Å². The molecular formula is C15H14N6O. The first-order chi connectivity index (χ1) is 10.8. The molecule has 110 valence electrons. The first kappa shape index (κ1) is 13.9. The second kappa shape index (κ2) is 6.59. The highest BCUT2D eigenvalue weighted by atomic mass is 16.1. The van der Waals surface area contributed by atoms with E-state index in [1.165, 1.54) is 0 Å². The third-order valence-electron chi connectivity index (χ3n) is 2.92. The van der Waals surface area contributed by atoms with Crippen molar-refractivity contribution in [3.05, 3.63) is 70.9 Å². The van der Waals surface area contributed by atoms with Gasteiger partial charge in [0.15, 0.2) is 0 Å². The SMILES string of the molecule is O=c1nc(NNCc2ccccc2)nc(-c2cccnc2)[nH]1. The summed E-state index contributed by atoms with van der Waals surface area (Å²) in [5.41, 5.74) is 7.16. The average Bonchev–Trinajstić information content (AvgIpc) is 2.56. The van der Waals surface area contributed by atoms with Gasteiger partial charge in [-0.2, -0.15) is 9.97 Å². The van der Waals surface area contributed by atoms with Crippen LogP contribution in [-0.4, -0.2) is 19.9 Å². The van der Waals surface area contributed by atoms with Gasteiger partial charge in [-0.05, 0) is 17.7 Å². The largest absolute Gasteiger partial charge is 0.349 e. The molecule has 2 aromatic heterocycles. The molecule has 0 fully saturated rings. The van der Waals surface area contributed by atoms with Gasteiger partial charge >= 0.3 is 5.69 Å². The van der Waals surface area contributed by atoms with Crippen molar-refractivity contribution in [2.45, 2.75) is 6.54 Å². The van der Waals surface area contributed by atoms with E-state index >= 15 is 0 Å². The summed E-state index contributed by atoms with van der Waals surface area (Å²) in [6.45, 7) is 0.583. The van der Waals surface area contributed by atoms with Crippen molar-refractivity contribution in [2.24, 2.45) is 0 Å². The smallest absolute Gasteiger partial charge is 0.290 e. The van der Waals surface area contributed by atoms with Crippen molar-refractivity contribution in [1.82, 2.24) is 25.4 Å². The second-order valence-electron chi connectivity index (χ2n) is 4.53. The molecule has 0 bridgehead atoms. The number of nitrogens with zero attached hydrogens (tertiary/aromatic N) is 3. The lowest BCUT2D eigenvalue weighted by Crippen LogP contribution is -2.25. The van der Waals surface area contributed by atoms with Crippen LogP contribution in [0, 0.1) is 0 Å². The second-order valence-corrected chi connectivity index (χ2v) is 4.53. The van der Waals surface area contributed by atoms with Crippen molar-refractivity contribution in [1.29, 1.82) is 0 Å². The summed E-state index contributed by atoms with van der Waals surface area (Å²) in [5, 5.41) is 0. The first-order valence-electron chi connectivity index (χ1n) is 6.73. The van der Waals surface area contributed by atoms with Gasteiger partial charge in [0, 0.05) is 24.5 Å². The highest BCUT2D eigenvalue weighted by molar-refractivity contribution is 5.53. The van der Waals surface area contributed by atoms with E-state index in [9.17, 15) is 4.79 Å². The zero-order valence-electron chi connectivity index (χ0n) is 11.7. The fourth-order valence-corrected chi connectivity index (χ4v) is 1.90. The molecule has 7 nitrogen and oxygen atoms in total. The van der Waals surface area contributed by atoms with E-state index in [1.807, 2.05) is 36.4 Å². The number of rotatable bonds is 5. The minimum Gasteiger partial charge on any atom is -0.290 e. The van der Waals surface area contributed by atoms with Crippen LogP contribution in [0.2, 0.25) is 0 Å². The van der Waals surface area contributed by atoms with E-state index in [2.05, 4.69) is 30.8 Å². The minimum atomic E-state index is -0.474. The molecule has 2 heterocycles. The zero-order chi connectivity index (χ0) is 15.2. The number of aromatic amines is 1. The van der Waals surface area contributed by atoms with Crippen LogP contribution in [0.4, 0.5) is 5.95 Å². The van der Waals surface area contributed by atoms with E-state index in [-0.39, 0.29) is 5.95 Å². The Morgan fingerprint density at radius 2 is 1.91 bits per heavy atom. The van der Waals surface area contributed by atoms with E-state index in [0.717, 1.165) is 5.56 Å². The van der Waals surface area contributed by atoms with E-state index < -0.39 is 5.69 Å². The Labute approximate surface area is 126 Å². The molecule has 0 aliphatic rings. The summed E-state index contributed by atoms with van der Waals surface area (Å²) in [4.78, 5) is 26.2. The predicted molar refractivity (Wildman–Crippen MR) is 82.8 cm³/mol. The Balaban J connectivity index is 1.72. The molecule has 0 spiro atoms. The minimum absolute atomic E-state index is 0.207.